The topological polar surface area (TPSA) is 52.2 Å². The summed E-state index contributed by atoms with van der Waals surface area (Å²) in [6.45, 7) is 0. The number of fused-ring (bicyclic) bond motifs is 1. The lowest BCUT2D eigenvalue weighted by Gasteiger charge is -2.04. The monoisotopic (exact) mass is 329 g/mol. The first-order valence-electron chi connectivity index (χ1n) is 7.54. The Bertz CT molecular complexity index is 894. The van der Waals surface area contributed by atoms with Crippen LogP contribution < -0.4 is 5.76 Å². The zero-order chi connectivity index (χ0) is 16.2. The number of carbonyl (C=O) groups is 1. The minimum absolute atomic E-state index is 0.237. The maximum atomic E-state index is 12.3. The molecule has 0 aliphatic heterocycles. The summed E-state index contributed by atoms with van der Waals surface area (Å²) >= 11 is 6.11. The fourth-order valence-corrected chi connectivity index (χ4v) is 2.84. The van der Waals surface area contributed by atoms with Crippen molar-refractivity contribution in [2.45, 2.75) is 25.7 Å². The van der Waals surface area contributed by atoms with Gasteiger partial charge in [-0.05, 0) is 43.0 Å². The molecule has 23 heavy (non-hydrogen) atoms. The molecular formula is C18H16ClNO3. The van der Waals surface area contributed by atoms with Crippen LogP contribution >= 0.6 is 11.6 Å². The van der Waals surface area contributed by atoms with Crippen LogP contribution in [0.4, 0.5) is 0 Å². The number of benzene rings is 2. The average molecular weight is 330 g/mol. The Morgan fingerprint density at radius 2 is 1.78 bits per heavy atom. The predicted octanol–water partition coefficient (Wildman–Crippen LogP) is 4.30. The summed E-state index contributed by atoms with van der Waals surface area (Å²) in [4.78, 5) is 24.1. The number of rotatable bonds is 5. The lowest BCUT2D eigenvalue weighted by Crippen LogP contribution is -2.22. The van der Waals surface area contributed by atoms with Gasteiger partial charge in [0.1, 0.15) is 0 Å². The maximum Gasteiger partial charge on any atom is 0.426 e. The Labute approximate surface area is 138 Å². The number of hydrogen-bond acceptors (Lipinski definition) is 3. The van der Waals surface area contributed by atoms with Crippen molar-refractivity contribution in [3.8, 4) is 0 Å². The molecule has 118 valence electrons. The smallest absolute Gasteiger partial charge is 0.407 e. The number of nitrogens with zero attached hydrogens (tertiary/aromatic N) is 1. The van der Waals surface area contributed by atoms with Crippen molar-refractivity contribution in [1.82, 2.24) is 4.57 Å². The molecule has 4 nitrogen and oxygen atoms in total. The molecule has 0 atom stereocenters. The molecule has 0 bridgehead atoms. The molecule has 0 amide bonds. The number of aryl methyl sites for hydroxylation is 1. The van der Waals surface area contributed by atoms with Crippen LogP contribution in [-0.4, -0.2) is 10.5 Å². The highest BCUT2D eigenvalue weighted by Gasteiger charge is 2.15. The summed E-state index contributed by atoms with van der Waals surface area (Å²) in [5.41, 5.74) is 2.03. The number of halogens is 1. The van der Waals surface area contributed by atoms with Gasteiger partial charge in [-0.3, -0.25) is 4.79 Å². The van der Waals surface area contributed by atoms with Crippen LogP contribution in [0.5, 0.6) is 0 Å². The molecule has 0 N–H and O–H groups in total. The Kier molecular flexibility index (Phi) is 4.63. The van der Waals surface area contributed by atoms with E-state index in [1.165, 1.54) is 0 Å². The van der Waals surface area contributed by atoms with Crippen molar-refractivity contribution in [2.24, 2.45) is 0 Å². The zero-order valence-corrected chi connectivity index (χ0v) is 13.3. The van der Waals surface area contributed by atoms with Crippen LogP contribution in [0.25, 0.3) is 11.1 Å². The molecule has 0 spiro atoms. The van der Waals surface area contributed by atoms with E-state index in [1.807, 2.05) is 24.3 Å². The van der Waals surface area contributed by atoms with Crippen LogP contribution in [0.3, 0.4) is 0 Å². The van der Waals surface area contributed by atoms with Gasteiger partial charge < -0.3 is 4.42 Å². The van der Waals surface area contributed by atoms with Gasteiger partial charge in [0.15, 0.2) is 5.58 Å². The summed E-state index contributed by atoms with van der Waals surface area (Å²) in [5.74, 6) is -0.860. The molecule has 0 saturated carbocycles. The highest BCUT2D eigenvalue weighted by atomic mass is 35.5. The second-order valence-electron chi connectivity index (χ2n) is 5.36. The highest BCUT2D eigenvalue weighted by Crippen LogP contribution is 2.18. The quantitative estimate of drug-likeness (QED) is 0.656. The van der Waals surface area contributed by atoms with Gasteiger partial charge >= 0.3 is 5.76 Å². The fraction of sp³-hybridized carbons (Fsp3) is 0.222. The zero-order valence-electron chi connectivity index (χ0n) is 12.5. The summed E-state index contributed by atoms with van der Waals surface area (Å²) in [6.07, 6.45) is 2.64. The maximum absolute atomic E-state index is 12.3. The minimum atomic E-state index is -0.623. The SMILES string of the molecule is O=C(CCCCc1ccccc1Cl)n1c(=O)oc2ccccc21. The van der Waals surface area contributed by atoms with Gasteiger partial charge in [-0.15, -0.1) is 0 Å². The lowest BCUT2D eigenvalue weighted by atomic mass is 10.1. The van der Waals surface area contributed by atoms with Crippen molar-refractivity contribution in [3.63, 3.8) is 0 Å². The standard InChI is InChI=1S/C18H16ClNO3/c19-14-9-3-1-7-13(14)8-2-6-12-17(21)20-15-10-4-5-11-16(15)23-18(20)22/h1,3-5,7,9-11H,2,6,8,12H2. The van der Waals surface area contributed by atoms with E-state index in [1.54, 1.807) is 24.3 Å². The molecule has 0 aliphatic carbocycles. The second-order valence-corrected chi connectivity index (χ2v) is 5.77. The second kappa shape index (κ2) is 6.84. The van der Waals surface area contributed by atoms with Gasteiger partial charge in [-0.25, -0.2) is 9.36 Å². The van der Waals surface area contributed by atoms with E-state index in [9.17, 15) is 9.59 Å². The predicted molar refractivity (Wildman–Crippen MR) is 90.1 cm³/mol. The van der Waals surface area contributed by atoms with Crippen molar-refractivity contribution in [3.05, 3.63) is 69.7 Å². The van der Waals surface area contributed by atoms with E-state index in [-0.39, 0.29) is 5.91 Å². The van der Waals surface area contributed by atoms with E-state index in [2.05, 4.69) is 0 Å². The Hall–Kier alpha value is -2.33. The Morgan fingerprint density at radius 1 is 1.04 bits per heavy atom. The van der Waals surface area contributed by atoms with E-state index >= 15 is 0 Å². The van der Waals surface area contributed by atoms with E-state index in [4.69, 9.17) is 16.0 Å². The van der Waals surface area contributed by atoms with Crippen molar-refractivity contribution in [2.75, 3.05) is 0 Å². The van der Waals surface area contributed by atoms with Crippen molar-refractivity contribution in [1.29, 1.82) is 0 Å². The summed E-state index contributed by atoms with van der Waals surface area (Å²) in [7, 11) is 0. The normalized spacial score (nSPS) is 11.0. The van der Waals surface area contributed by atoms with Crippen LogP contribution in [0.2, 0.25) is 5.02 Å². The number of unbranched alkanes of at least 4 members (excludes halogenated alkanes) is 1. The van der Waals surface area contributed by atoms with Gasteiger partial charge in [0, 0.05) is 11.4 Å². The third-order valence-corrected chi connectivity index (χ3v) is 4.15. The third-order valence-electron chi connectivity index (χ3n) is 3.78. The minimum Gasteiger partial charge on any atom is -0.407 e. The molecule has 0 fully saturated rings. The number of oxazole rings is 1. The molecule has 0 radical (unpaired) electrons. The summed E-state index contributed by atoms with van der Waals surface area (Å²) in [6, 6.07) is 14.6. The number of aromatic nitrogens is 1. The average Bonchev–Trinajstić information content (AvgIpc) is 2.88. The van der Waals surface area contributed by atoms with Crippen LogP contribution in [-0.2, 0) is 6.42 Å². The van der Waals surface area contributed by atoms with Crippen LogP contribution in [0, 0.1) is 0 Å². The molecule has 5 heteroatoms. The van der Waals surface area contributed by atoms with Crippen LogP contribution in [0.15, 0.2) is 57.7 Å². The molecule has 2 aromatic carbocycles. The number of carbonyl (C=O) groups excluding carboxylic acids is 1. The fourth-order valence-electron chi connectivity index (χ4n) is 2.61. The first-order chi connectivity index (χ1) is 11.2. The molecule has 0 unspecified atom stereocenters. The van der Waals surface area contributed by atoms with Gasteiger partial charge in [0.25, 0.3) is 0 Å². The molecule has 0 saturated heterocycles. The van der Waals surface area contributed by atoms with Gasteiger partial charge in [0.05, 0.1) is 5.52 Å². The van der Waals surface area contributed by atoms with Crippen molar-refractivity contribution >= 4 is 28.6 Å². The first kappa shape index (κ1) is 15.6. The molecule has 1 heterocycles. The molecule has 1 aromatic heterocycles. The molecule has 3 aromatic rings. The van der Waals surface area contributed by atoms with E-state index in [0.29, 0.717) is 23.9 Å². The van der Waals surface area contributed by atoms with Gasteiger partial charge in [0.2, 0.25) is 5.91 Å². The first-order valence-corrected chi connectivity index (χ1v) is 7.92. The Balaban J connectivity index is 1.62. The van der Waals surface area contributed by atoms with E-state index < -0.39 is 5.76 Å². The number of para-hydroxylation sites is 2. The third kappa shape index (κ3) is 3.37. The van der Waals surface area contributed by atoms with Gasteiger partial charge in [-0.1, -0.05) is 41.9 Å². The van der Waals surface area contributed by atoms with Crippen molar-refractivity contribution < 1.29 is 9.21 Å². The van der Waals surface area contributed by atoms with Gasteiger partial charge in [-0.2, -0.15) is 0 Å². The van der Waals surface area contributed by atoms with E-state index in [0.717, 1.165) is 28.0 Å². The summed E-state index contributed by atoms with van der Waals surface area (Å²) < 4.78 is 6.20. The highest BCUT2D eigenvalue weighted by molar-refractivity contribution is 6.31. The molecule has 0 aliphatic rings. The number of hydrogen-bond donors (Lipinski definition) is 0. The molecule has 3 rings (SSSR count). The summed E-state index contributed by atoms with van der Waals surface area (Å²) in [5, 5.41) is 0.746. The van der Waals surface area contributed by atoms with Crippen LogP contribution in [0.1, 0.15) is 29.6 Å². The lowest BCUT2D eigenvalue weighted by molar-refractivity contribution is 0.0895. The Morgan fingerprint density at radius 3 is 2.61 bits per heavy atom. The molecular weight excluding hydrogens is 314 g/mol. The largest absolute Gasteiger partial charge is 0.426 e.